The van der Waals surface area contributed by atoms with Crippen LogP contribution in [0.25, 0.3) is 0 Å². The first-order valence-corrected chi connectivity index (χ1v) is 8.38. The molecule has 3 aromatic rings. The molecule has 1 N–H and O–H groups in total. The lowest BCUT2D eigenvalue weighted by molar-refractivity contribution is 0.103. The average Bonchev–Trinajstić information content (AvgIpc) is 2.69. The Morgan fingerprint density at radius 1 is 1.11 bits per heavy atom. The third kappa shape index (κ3) is 3.36. The molecule has 0 aliphatic carbocycles. The summed E-state index contributed by atoms with van der Waals surface area (Å²) < 4.78 is 29.2. The van der Waals surface area contributed by atoms with Crippen LogP contribution < -0.4 is 16.6 Å². The molecule has 144 valence electrons. The maximum atomic E-state index is 14.3. The van der Waals surface area contributed by atoms with Gasteiger partial charge in [-0.05, 0) is 24.6 Å². The van der Waals surface area contributed by atoms with Crippen LogP contribution in [-0.4, -0.2) is 14.9 Å². The summed E-state index contributed by atoms with van der Waals surface area (Å²) in [6.07, 6.45) is 0. The zero-order chi connectivity index (χ0) is 20.4. The summed E-state index contributed by atoms with van der Waals surface area (Å²) in [6, 6.07) is 12.1. The van der Waals surface area contributed by atoms with Crippen LogP contribution in [0.5, 0.6) is 0 Å². The highest BCUT2D eigenvalue weighted by atomic mass is 19.1. The van der Waals surface area contributed by atoms with Gasteiger partial charge in [-0.2, -0.15) is 0 Å². The summed E-state index contributed by atoms with van der Waals surface area (Å²) in [5.74, 6) is -1.78. The number of hydrogen-bond donors (Lipinski definition) is 1. The van der Waals surface area contributed by atoms with E-state index < -0.39 is 41.0 Å². The fraction of sp³-hybridized carbons (Fsp3) is 0.150. The van der Waals surface area contributed by atoms with Crippen molar-refractivity contribution in [2.45, 2.75) is 13.7 Å². The molecule has 0 spiro atoms. The molecule has 8 heteroatoms. The Morgan fingerprint density at radius 3 is 2.39 bits per heavy atom. The van der Waals surface area contributed by atoms with Crippen LogP contribution in [0.15, 0.2) is 58.1 Å². The van der Waals surface area contributed by atoms with Gasteiger partial charge in [0.25, 0.3) is 5.56 Å². The van der Waals surface area contributed by atoms with Gasteiger partial charge in [0.2, 0.25) is 5.78 Å². The number of benzene rings is 2. The van der Waals surface area contributed by atoms with Gasteiger partial charge in [0.15, 0.2) is 6.80 Å². The highest BCUT2D eigenvalue weighted by Gasteiger charge is 2.25. The Balaban J connectivity index is 2.29. The molecule has 0 aliphatic rings. The third-order valence-electron chi connectivity index (χ3n) is 4.30. The SMILES string of the molecule is Cc1ccc(Nc2c(C(=O)c3ccccc3)c(=O)n(C)c(=O)n2CF)c(F)c1. The minimum absolute atomic E-state index is 0.0948. The van der Waals surface area contributed by atoms with Gasteiger partial charge in [-0.25, -0.2) is 18.1 Å². The Kier molecular flexibility index (Phi) is 5.21. The van der Waals surface area contributed by atoms with E-state index in [1.54, 1.807) is 31.2 Å². The molecule has 0 radical (unpaired) electrons. The molecular formula is C20H17F2N3O3. The first-order valence-electron chi connectivity index (χ1n) is 8.38. The molecule has 0 saturated carbocycles. The molecule has 0 unspecified atom stereocenters. The van der Waals surface area contributed by atoms with Gasteiger partial charge < -0.3 is 5.32 Å². The third-order valence-corrected chi connectivity index (χ3v) is 4.30. The Bertz CT molecular complexity index is 1170. The van der Waals surface area contributed by atoms with E-state index in [-0.39, 0.29) is 11.3 Å². The first-order chi connectivity index (χ1) is 13.3. The van der Waals surface area contributed by atoms with E-state index in [1.807, 2.05) is 0 Å². The van der Waals surface area contributed by atoms with E-state index in [0.717, 1.165) is 7.05 Å². The quantitative estimate of drug-likeness (QED) is 0.686. The molecule has 1 heterocycles. The number of ketones is 1. The average molecular weight is 385 g/mol. The van der Waals surface area contributed by atoms with Crippen molar-refractivity contribution < 1.29 is 13.6 Å². The van der Waals surface area contributed by atoms with Crippen LogP contribution in [0.1, 0.15) is 21.5 Å². The van der Waals surface area contributed by atoms with E-state index >= 15 is 0 Å². The number of carbonyl (C=O) groups excluding carboxylic acids is 1. The molecular weight excluding hydrogens is 368 g/mol. The van der Waals surface area contributed by atoms with E-state index in [2.05, 4.69) is 5.32 Å². The van der Waals surface area contributed by atoms with Gasteiger partial charge in [-0.15, -0.1) is 0 Å². The Hall–Kier alpha value is -3.55. The largest absolute Gasteiger partial charge is 0.338 e. The summed E-state index contributed by atoms with van der Waals surface area (Å²) in [5.41, 5.74) is -1.59. The number of hydrogen-bond acceptors (Lipinski definition) is 4. The van der Waals surface area contributed by atoms with Crippen molar-refractivity contribution >= 4 is 17.3 Å². The molecule has 3 rings (SSSR count). The minimum atomic E-state index is -1.31. The van der Waals surface area contributed by atoms with E-state index in [1.165, 1.54) is 24.3 Å². The standard InChI is InChI=1S/C20H17F2N3O3/c1-12-8-9-15(14(22)10-12)23-18-16(17(26)13-6-4-3-5-7-13)19(27)24(2)20(28)25(18)11-21/h3-10,23H,11H2,1-2H3. The summed E-state index contributed by atoms with van der Waals surface area (Å²) in [6.45, 7) is 0.380. The molecule has 1 aromatic heterocycles. The molecule has 2 aromatic carbocycles. The second-order valence-electron chi connectivity index (χ2n) is 6.22. The normalized spacial score (nSPS) is 10.7. The van der Waals surface area contributed by atoms with Gasteiger partial charge in [-0.3, -0.25) is 14.2 Å². The molecule has 0 atom stereocenters. The fourth-order valence-electron chi connectivity index (χ4n) is 2.80. The minimum Gasteiger partial charge on any atom is -0.338 e. The summed E-state index contributed by atoms with van der Waals surface area (Å²) in [4.78, 5) is 38.0. The van der Waals surface area contributed by atoms with Gasteiger partial charge in [0.05, 0.1) is 5.69 Å². The second kappa shape index (κ2) is 7.59. The van der Waals surface area contributed by atoms with E-state index in [0.29, 0.717) is 14.7 Å². The number of alkyl halides is 1. The zero-order valence-corrected chi connectivity index (χ0v) is 15.2. The number of nitrogens with zero attached hydrogens (tertiary/aromatic N) is 2. The lowest BCUT2D eigenvalue weighted by Gasteiger charge is -2.17. The second-order valence-corrected chi connectivity index (χ2v) is 6.22. The van der Waals surface area contributed by atoms with Gasteiger partial charge in [0, 0.05) is 12.6 Å². The molecule has 0 amide bonds. The monoisotopic (exact) mass is 385 g/mol. The molecule has 0 aliphatic heterocycles. The van der Waals surface area contributed by atoms with Crippen molar-refractivity contribution in [3.8, 4) is 0 Å². The number of halogens is 2. The summed E-state index contributed by atoms with van der Waals surface area (Å²) >= 11 is 0. The van der Waals surface area contributed by atoms with Crippen molar-refractivity contribution in [1.29, 1.82) is 0 Å². The number of rotatable bonds is 5. The molecule has 6 nitrogen and oxygen atoms in total. The van der Waals surface area contributed by atoms with Crippen molar-refractivity contribution in [1.82, 2.24) is 9.13 Å². The van der Waals surface area contributed by atoms with Gasteiger partial charge in [0.1, 0.15) is 17.2 Å². The molecule has 28 heavy (non-hydrogen) atoms. The van der Waals surface area contributed by atoms with Crippen molar-refractivity contribution in [3.63, 3.8) is 0 Å². The van der Waals surface area contributed by atoms with Crippen molar-refractivity contribution in [3.05, 3.63) is 91.9 Å². The highest BCUT2D eigenvalue weighted by Crippen LogP contribution is 2.23. The number of aryl methyl sites for hydroxylation is 1. The Labute approximate surface area is 158 Å². The zero-order valence-electron chi connectivity index (χ0n) is 15.2. The maximum absolute atomic E-state index is 14.3. The van der Waals surface area contributed by atoms with Gasteiger partial charge in [-0.1, -0.05) is 36.4 Å². The lowest BCUT2D eigenvalue weighted by atomic mass is 10.0. The number of nitrogens with one attached hydrogen (secondary N) is 1. The lowest BCUT2D eigenvalue weighted by Crippen LogP contribution is -2.42. The number of carbonyl (C=O) groups is 1. The predicted octanol–water partition coefficient (Wildman–Crippen LogP) is 2.90. The van der Waals surface area contributed by atoms with Crippen LogP contribution in [0.3, 0.4) is 0 Å². The molecule has 0 bridgehead atoms. The topological polar surface area (TPSA) is 73.1 Å². The number of anilines is 2. The van der Waals surface area contributed by atoms with Crippen LogP contribution in [0, 0.1) is 12.7 Å². The first kappa shape index (κ1) is 19.2. The van der Waals surface area contributed by atoms with Crippen molar-refractivity contribution in [2.75, 3.05) is 5.32 Å². The van der Waals surface area contributed by atoms with Crippen LogP contribution >= 0.6 is 0 Å². The van der Waals surface area contributed by atoms with Crippen molar-refractivity contribution in [2.24, 2.45) is 7.05 Å². The summed E-state index contributed by atoms with van der Waals surface area (Å²) in [7, 11) is 1.15. The predicted molar refractivity (Wildman–Crippen MR) is 101 cm³/mol. The fourth-order valence-corrected chi connectivity index (χ4v) is 2.80. The molecule has 0 fully saturated rings. The number of aromatic nitrogens is 2. The Morgan fingerprint density at radius 2 is 1.79 bits per heavy atom. The smallest absolute Gasteiger partial charge is 0.334 e. The highest BCUT2D eigenvalue weighted by molar-refractivity contribution is 6.11. The van der Waals surface area contributed by atoms with Gasteiger partial charge >= 0.3 is 5.69 Å². The maximum Gasteiger partial charge on any atom is 0.334 e. The summed E-state index contributed by atoms with van der Waals surface area (Å²) in [5, 5.41) is 2.56. The van der Waals surface area contributed by atoms with Crippen LogP contribution in [0.4, 0.5) is 20.3 Å². The molecule has 0 saturated heterocycles. The van der Waals surface area contributed by atoms with Crippen LogP contribution in [0.2, 0.25) is 0 Å². The van der Waals surface area contributed by atoms with E-state index in [9.17, 15) is 23.2 Å². The van der Waals surface area contributed by atoms with Crippen LogP contribution in [-0.2, 0) is 13.8 Å². The van der Waals surface area contributed by atoms with E-state index in [4.69, 9.17) is 0 Å².